The largest absolute Gasteiger partial charge is 0.367 e. The summed E-state index contributed by atoms with van der Waals surface area (Å²) in [6, 6.07) is 7.59. The summed E-state index contributed by atoms with van der Waals surface area (Å²) in [4.78, 5) is 12.0. The van der Waals surface area contributed by atoms with Crippen LogP contribution in [0.5, 0.6) is 0 Å². The molecule has 0 saturated carbocycles. The Morgan fingerprint density at radius 3 is 3.07 bits per heavy atom. The molecule has 0 radical (unpaired) electrons. The van der Waals surface area contributed by atoms with Gasteiger partial charge in [-0.3, -0.25) is 4.79 Å². The Bertz CT molecular complexity index is 361. The molecule has 1 atom stereocenters. The average molecular weight is 317 g/mol. The van der Waals surface area contributed by atoms with Crippen LogP contribution in [-0.4, -0.2) is 31.6 Å². The number of ketones is 1. The number of hydrogen-bond donors (Lipinski definition) is 1. The third-order valence-electron chi connectivity index (χ3n) is 2.33. The zero-order valence-corrected chi connectivity index (χ0v) is 10.4. The van der Waals surface area contributed by atoms with Crippen LogP contribution in [0.15, 0.2) is 24.3 Å². The van der Waals surface area contributed by atoms with E-state index in [2.05, 4.69) is 27.9 Å². The first kappa shape index (κ1) is 11.0. The first-order valence-electron chi connectivity index (χ1n) is 4.89. The quantitative estimate of drug-likeness (QED) is 0.663. The first-order valence-corrected chi connectivity index (χ1v) is 5.97. The van der Waals surface area contributed by atoms with Crippen molar-refractivity contribution < 1.29 is 9.53 Å². The third kappa shape index (κ3) is 2.76. The fraction of sp³-hybridized carbons (Fsp3) is 0.364. The predicted molar refractivity (Wildman–Crippen MR) is 66.1 cm³/mol. The fourth-order valence-electron chi connectivity index (χ4n) is 1.56. The highest BCUT2D eigenvalue weighted by molar-refractivity contribution is 14.1. The highest BCUT2D eigenvalue weighted by Gasteiger charge is 2.22. The summed E-state index contributed by atoms with van der Waals surface area (Å²) in [6.45, 7) is 2.06. The van der Waals surface area contributed by atoms with E-state index < -0.39 is 0 Å². The number of rotatable bonds is 2. The van der Waals surface area contributed by atoms with Crippen molar-refractivity contribution in [2.75, 3.05) is 19.7 Å². The van der Waals surface area contributed by atoms with Crippen LogP contribution < -0.4 is 5.32 Å². The summed E-state index contributed by atoms with van der Waals surface area (Å²) in [5.41, 5.74) is 0.732. The highest BCUT2D eigenvalue weighted by Crippen LogP contribution is 2.12. The summed E-state index contributed by atoms with van der Waals surface area (Å²) in [5.74, 6) is 0.0701. The Hall–Kier alpha value is -0.460. The van der Waals surface area contributed by atoms with E-state index in [4.69, 9.17) is 4.74 Å². The first-order chi connectivity index (χ1) is 7.27. The van der Waals surface area contributed by atoms with Gasteiger partial charge in [0.05, 0.1) is 6.61 Å². The molecule has 1 unspecified atom stereocenters. The minimum atomic E-state index is -0.322. The Morgan fingerprint density at radius 1 is 1.53 bits per heavy atom. The maximum Gasteiger partial charge on any atom is 0.192 e. The van der Waals surface area contributed by atoms with E-state index in [-0.39, 0.29) is 11.9 Å². The minimum Gasteiger partial charge on any atom is -0.367 e. The number of halogens is 1. The minimum absolute atomic E-state index is 0.0701. The van der Waals surface area contributed by atoms with Crippen molar-refractivity contribution in [3.05, 3.63) is 33.4 Å². The molecule has 1 heterocycles. The van der Waals surface area contributed by atoms with Crippen LogP contribution in [-0.2, 0) is 4.74 Å². The second-order valence-corrected chi connectivity index (χ2v) is 4.68. The van der Waals surface area contributed by atoms with Gasteiger partial charge in [0.25, 0.3) is 0 Å². The summed E-state index contributed by atoms with van der Waals surface area (Å²) >= 11 is 2.20. The van der Waals surface area contributed by atoms with E-state index in [0.29, 0.717) is 13.2 Å². The maximum atomic E-state index is 12.0. The van der Waals surface area contributed by atoms with Gasteiger partial charge in [0.2, 0.25) is 0 Å². The lowest BCUT2D eigenvalue weighted by atomic mass is 10.1. The van der Waals surface area contributed by atoms with Crippen molar-refractivity contribution in [1.29, 1.82) is 0 Å². The molecule has 1 aromatic rings. The number of nitrogens with one attached hydrogen (secondary N) is 1. The Morgan fingerprint density at radius 2 is 2.40 bits per heavy atom. The molecular formula is C11H12INO2. The lowest BCUT2D eigenvalue weighted by Gasteiger charge is -2.22. The van der Waals surface area contributed by atoms with Gasteiger partial charge in [0, 0.05) is 22.2 Å². The molecular weight excluding hydrogens is 305 g/mol. The number of ether oxygens (including phenoxy) is 1. The normalized spacial score (nSPS) is 21.3. The number of benzene rings is 1. The smallest absolute Gasteiger partial charge is 0.192 e. The van der Waals surface area contributed by atoms with Gasteiger partial charge in [-0.25, -0.2) is 0 Å². The second-order valence-electron chi connectivity index (χ2n) is 3.44. The topological polar surface area (TPSA) is 38.3 Å². The lowest BCUT2D eigenvalue weighted by molar-refractivity contribution is 0.0269. The second kappa shape index (κ2) is 5.05. The van der Waals surface area contributed by atoms with E-state index in [9.17, 15) is 4.79 Å². The van der Waals surface area contributed by atoms with Crippen LogP contribution in [0, 0.1) is 3.57 Å². The molecule has 3 nitrogen and oxygen atoms in total. The van der Waals surface area contributed by atoms with Crippen molar-refractivity contribution in [3.63, 3.8) is 0 Å². The monoisotopic (exact) mass is 317 g/mol. The zero-order valence-electron chi connectivity index (χ0n) is 8.20. The van der Waals surface area contributed by atoms with Crippen molar-refractivity contribution in [2.24, 2.45) is 0 Å². The zero-order chi connectivity index (χ0) is 10.7. The van der Waals surface area contributed by atoms with Crippen LogP contribution in [0.25, 0.3) is 0 Å². The number of hydrogen-bond acceptors (Lipinski definition) is 3. The van der Waals surface area contributed by atoms with Crippen LogP contribution in [0.3, 0.4) is 0 Å². The van der Waals surface area contributed by atoms with E-state index in [1.165, 1.54) is 0 Å². The summed E-state index contributed by atoms with van der Waals surface area (Å²) in [5, 5.41) is 3.15. The average Bonchev–Trinajstić information content (AvgIpc) is 2.29. The highest BCUT2D eigenvalue weighted by atomic mass is 127. The SMILES string of the molecule is O=C(c1cccc(I)c1)C1CNCCO1. The van der Waals surface area contributed by atoms with E-state index in [0.717, 1.165) is 15.7 Å². The molecule has 1 aliphatic rings. The van der Waals surface area contributed by atoms with Gasteiger partial charge in [-0.1, -0.05) is 12.1 Å². The van der Waals surface area contributed by atoms with E-state index in [1.807, 2.05) is 24.3 Å². The fourth-order valence-corrected chi connectivity index (χ4v) is 2.10. The van der Waals surface area contributed by atoms with Gasteiger partial charge >= 0.3 is 0 Å². The van der Waals surface area contributed by atoms with Gasteiger partial charge in [0.15, 0.2) is 5.78 Å². The molecule has 80 valence electrons. The van der Waals surface area contributed by atoms with Crippen LogP contribution >= 0.6 is 22.6 Å². The molecule has 4 heteroatoms. The van der Waals surface area contributed by atoms with Crippen LogP contribution in [0.1, 0.15) is 10.4 Å². The molecule has 1 aromatic carbocycles. The maximum absolute atomic E-state index is 12.0. The molecule has 0 aliphatic carbocycles. The van der Waals surface area contributed by atoms with Gasteiger partial charge in [-0.05, 0) is 34.7 Å². The molecule has 1 N–H and O–H groups in total. The third-order valence-corrected chi connectivity index (χ3v) is 3.00. The number of carbonyl (C=O) groups is 1. The van der Waals surface area contributed by atoms with Crippen molar-refractivity contribution in [1.82, 2.24) is 5.32 Å². The molecule has 15 heavy (non-hydrogen) atoms. The molecule has 0 aromatic heterocycles. The molecule has 0 bridgehead atoms. The number of Topliss-reactive ketones (excluding diaryl/α,β-unsaturated/α-hetero) is 1. The standard InChI is InChI=1S/C11H12INO2/c12-9-3-1-2-8(6-9)11(14)10-7-13-4-5-15-10/h1-3,6,10,13H,4-5,7H2. The lowest BCUT2D eigenvalue weighted by Crippen LogP contribution is -2.43. The summed E-state index contributed by atoms with van der Waals surface area (Å²) < 4.78 is 6.49. The molecule has 0 amide bonds. The Balaban J connectivity index is 2.12. The van der Waals surface area contributed by atoms with Crippen LogP contribution in [0.2, 0.25) is 0 Å². The van der Waals surface area contributed by atoms with Gasteiger partial charge < -0.3 is 10.1 Å². The number of carbonyl (C=O) groups excluding carboxylic acids is 1. The number of morpholine rings is 1. The molecule has 2 rings (SSSR count). The molecule has 1 saturated heterocycles. The summed E-state index contributed by atoms with van der Waals surface area (Å²) in [7, 11) is 0. The van der Waals surface area contributed by atoms with Gasteiger partial charge in [-0.15, -0.1) is 0 Å². The van der Waals surface area contributed by atoms with E-state index in [1.54, 1.807) is 0 Å². The van der Waals surface area contributed by atoms with Crippen molar-refractivity contribution >= 4 is 28.4 Å². The Labute approximate surface area is 102 Å². The Kier molecular flexibility index (Phi) is 3.71. The van der Waals surface area contributed by atoms with Gasteiger partial charge in [-0.2, -0.15) is 0 Å². The molecule has 1 fully saturated rings. The summed E-state index contributed by atoms with van der Waals surface area (Å²) in [6.07, 6.45) is -0.322. The van der Waals surface area contributed by atoms with Crippen molar-refractivity contribution in [2.45, 2.75) is 6.10 Å². The predicted octanol–water partition coefficient (Wildman–Crippen LogP) is 1.46. The van der Waals surface area contributed by atoms with Crippen LogP contribution in [0.4, 0.5) is 0 Å². The van der Waals surface area contributed by atoms with Crippen molar-refractivity contribution in [3.8, 4) is 0 Å². The molecule has 0 spiro atoms. The van der Waals surface area contributed by atoms with E-state index >= 15 is 0 Å². The molecule has 1 aliphatic heterocycles. The van der Waals surface area contributed by atoms with Gasteiger partial charge in [0.1, 0.15) is 6.10 Å².